The van der Waals surface area contributed by atoms with Crippen molar-refractivity contribution >= 4 is 22.8 Å². The Balaban J connectivity index is 1.42. The van der Waals surface area contributed by atoms with Gasteiger partial charge in [-0.15, -0.1) is 0 Å². The molecule has 0 amide bonds. The van der Waals surface area contributed by atoms with E-state index in [0.29, 0.717) is 24.9 Å². The van der Waals surface area contributed by atoms with Gasteiger partial charge < -0.3 is 15.8 Å². The molecule has 1 aromatic carbocycles. The average molecular weight is 391 g/mol. The normalized spacial score (nSPS) is 14.9. The van der Waals surface area contributed by atoms with Gasteiger partial charge in [-0.05, 0) is 25.0 Å². The van der Waals surface area contributed by atoms with Gasteiger partial charge >= 0.3 is 0 Å². The van der Waals surface area contributed by atoms with E-state index in [1.165, 1.54) is 0 Å². The zero-order valence-electron chi connectivity index (χ0n) is 16.0. The van der Waals surface area contributed by atoms with Crippen molar-refractivity contribution < 1.29 is 4.74 Å². The number of ether oxygens (including phenoxy) is 1. The number of H-pyrrole nitrogens is 1. The van der Waals surface area contributed by atoms with Crippen LogP contribution in [-0.4, -0.2) is 48.6 Å². The molecule has 0 aliphatic heterocycles. The van der Waals surface area contributed by atoms with Crippen molar-refractivity contribution in [1.29, 1.82) is 0 Å². The Bertz CT molecular complexity index is 1160. The number of nitrogens with one attached hydrogen (secondary N) is 2. The lowest BCUT2D eigenvalue weighted by Crippen LogP contribution is -2.22. The molecule has 0 spiro atoms. The summed E-state index contributed by atoms with van der Waals surface area (Å²) in [5.74, 6) is 1.13. The summed E-state index contributed by atoms with van der Waals surface area (Å²) in [5.41, 5.74) is 8.42. The fourth-order valence-corrected chi connectivity index (χ4v) is 3.36. The van der Waals surface area contributed by atoms with Gasteiger partial charge in [0.05, 0.1) is 36.1 Å². The van der Waals surface area contributed by atoms with Crippen LogP contribution in [0.25, 0.3) is 22.3 Å². The number of aromatic nitrogens is 7. The maximum absolute atomic E-state index is 5.97. The van der Waals surface area contributed by atoms with Crippen LogP contribution in [0, 0.1) is 0 Å². The molecular weight excluding hydrogens is 370 g/mol. The Hall–Kier alpha value is -3.53. The zero-order chi connectivity index (χ0) is 19.8. The minimum atomic E-state index is -0.267. The number of hydrogen-bond acceptors (Lipinski definition) is 8. The number of nitrogens with two attached hydrogens (primary N) is 1. The topological polar surface area (TPSA) is 132 Å². The second kappa shape index (κ2) is 6.82. The highest BCUT2D eigenvalue weighted by molar-refractivity contribution is 5.82. The molecule has 10 heteroatoms. The Kier molecular flexibility index (Phi) is 4.13. The van der Waals surface area contributed by atoms with E-state index in [4.69, 9.17) is 10.5 Å². The molecule has 4 aromatic rings. The SMILES string of the molecule is COCCn1ccc(C2(Nc3nc(N)nc(-c4ccc5cn[nH]c5c4)n3)CC2)n1. The molecule has 0 saturated heterocycles. The van der Waals surface area contributed by atoms with Crippen LogP contribution in [0.3, 0.4) is 0 Å². The van der Waals surface area contributed by atoms with Crippen LogP contribution in [0.1, 0.15) is 18.5 Å². The maximum atomic E-state index is 5.97. The predicted molar refractivity (Wildman–Crippen MR) is 108 cm³/mol. The maximum Gasteiger partial charge on any atom is 0.228 e. The molecular formula is C19H21N9O. The number of methoxy groups -OCH3 is 1. The van der Waals surface area contributed by atoms with E-state index in [2.05, 4.69) is 35.6 Å². The van der Waals surface area contributed by atoms with E-state index in [0.717, 1.165) is 35.0 Å². The molecule has 1 saturated carbocycles. The number of fused-ring (bicyclic) bond motifs is 1. The fraction of sp³-hybridized carbons (Fsp3) is 0.316. The summed E-state index contributed by atoms with van der Waals surface area (Å²) in [6.07, 6.45) is 5.64. The molecule has 0 unspecified atom stereocenters. The van der Waals surface area contributed by atoms with Gasteiger partial charge in [0.25, 0.3) is 0 Å². The number of aromatic amines is 1. The van der Waals surface area contributed by atoms with Crippen LogP contribution in [0.2, 0.25) is 0 Å². The second-order valence-corrected chi connectivity index (χ2v) is 7.18. The Morgan fingerprint density at radius 1 is 1.24 bits per heavy atom. The molecule has 1 aliphatic rings. The first kappa shape index (κ1) is 17.6. The van der Waals surface area contributed by atoms with Crippen LogP contribution in [0.5, 0.6) is 0 Å². The number of nitrogen functional groups attached to an aromatic ring is 1. The molecule has 1 fully saturated rings. The first-order valence-corrected chi connectivity index (χ1v) is 9.41. The highest BCUT2D eigenvalue weighted by Gasteiger charge is 2.47. The van der Waals surface area contributed by atoms with E-state index < -0.39 is 0 Å². The van der Waals surface area contributed by atoms with E-state index in [1.54, 1.807) is 13.3 Å². The third-order valence-corrected chi connectivity index (χ3v) is 5.11. The van der Waals surface area contributed by atoms with Gasteiger partial charge in [-0.3, -0.25) is 9.78 Å². The molecule has 4 N–H and O–H groups in total. The van der Waals surface area contributed by atoms with E-state index in [-0.39, 0.29) is 11.5 Å². The highest BCUT2D eigenvalue weighted by atomic mass is 16.5. The van der Waals surface area contributed by atoms with E-state index in [9.17, 15) is 0 Å². The minimum Gasteiger partial charge on any atom is -0.383 e. The van der Waals surface area contributed by atoms with Crippen molar-refractivity contribution in [1.82, 2.24) is 34.9 Å². The van der Waals surface area contributed by atoms with Gasteiger partial charge in [0.2, 0.25) is 11.9 Å². The van der Waals surface area contributed by atoms with Crippen LogP contribution in [0.4, 0.5) is 11.9 Å². The van der Waals surface area contributed by atoms with Crippen LogP contribution in [0.15, 0.2) is 36.7 Å². The Morgan fingerprint density at radius 2 is 2.14 bits per heavy atom. The molecule has 5 rings (SSSR count). The molecule has 10 nitrogen and oxygen atoms in total. The summed E-state index contributed by atoms with van der Waals surface area (Å²) in [5, 5.41) is 16.1. The lowest BCUT2D eigenvalue weighted by atomic mass is 10.1. The molecule has 3 aromatic heterocycles. The summed E-state index contributed by atoms with van der Waals surface area (Å²) in [6.45, 7) is 1.33. The highest BCUT2D eigenvalue weighted by Crippen LogP contribution is 2.47. The van der Waals surface area contributed by atoms with Crippen LogP contribution < -0.4 is 11.1 Å². The first-order valence-electron chi connectivity index (χ1n) is 9.41. The van der Waals surface area contributed by atoms with Crippen molar-refractivity contribution in [2.75, 3.05) is 24.8 Å². The van der Waals surface area contributed by atoms with E-state index in [1.807, 2.05) is 35.1 Å². The number of anilines is 2. The summed E-state index contributed by atoms with van der Waals surface area (Å²) in [6, 6.07) is 7.88. The number of nitrogens with zero attached hydrogens (tertiary/aromatic N) is 6. The predicted octanol–water partition coefficient (Wildman–Crippen LogP) is 1.94. The van der Waals surface area contributed by atoms with Crippen molar-refractivity contribution in [3.63, 3.8) is 0 Å². The van der Waals surface area contributed by atoms with Crippen LogP contribution >= 0.6 is 0 Å². The molecule has 0 atom stereocenters. The van der Waals surface area contributed by atoms with Crippen LogP contribution in [-0.2, 0) is 16.8 Å². The van der Waals surface area contributed by atoms with Gasteiger partial charge in [0.1, 0.15) is 0 Å². The first-order chi connectivity index (χ1) is 14.1. The third kappa shape index (κ3) is 3.38. The number of rotatable bonds is 7. The van der Waals surface area contributed by atoms with Gasteiger partial charge in [0.15, 0.2) is 5.82 Å². The monoisotopic (exact) mass is 391 g/mol. The molecule has 0 radical (unpaired) electrons. The number of hydrogen-bond donors (Lipinski definition) is 3. The van der Waals surface area contributed by atoms with Gasteiger partial charge in [-0.1, -0.05) is 12.1 Å². The second-order valence-electron chi connectivity index (χ2n) is 7.18. The lowest BCUT2D eigenvalue weighted by molar-refractivity contribution is 0.183. The summed E-state index contributed by atoms with van der Waals surface area (Å²) in [4.78, 5) is 13.2. The summed E-state index contributed by atoms with van der Waals surface area (Å²) < 4.78 is 7.00. The smallest absolute Gasteiger partial charge is 0.228 e. The standard InChI is InChI=1S/C19H21N9O/c1-29-9-8-28-7-4-15(27-28)19(5-6-19)25-18-23-16(22-17(20)24-18)12-2-3-13-11-21-26-14(13)10-12/h2-4,7,10-11H,5-6,8-9H2,1H3,(H,21,26)(H3,20,22,23,24,25). The minimum absolute atomic E-state index is 0.170. The fourth-order valence-electron chi connectivity index (χ4n) is 3.36. The van der Waals surface area contributed by atoms with E-state index >= 15 is 0 Å². The van der Waals surface area contributed by atoms with Crippen molar-refractivity contribution in [2.45, 2.75) is 24.9 Å². The molecule has 0 bridgehead atoms. The van der Waals surface area contributed by atoms with Gasteiger partial charge in [-0.2, -0.15) is 25.1 Å². The quantitative estimate of drug-likeness (QED) is 0.435. The van der Waals surface area contributed by atoms with Crippen molar-refractivity contribution in [3.8, 4) is 11.4 Å². The van der Waals surface area contributed by atoms with Crippen molar-refractivity contribution in [2.24, 2.45) is 0 Å². The number of benzene rings is 1. The average Bonchev–Trinajstić information content (AvgIpc) is 3.14. The van der Waals surface area contributed by atoms with Gasteiger partial charge in [0, 0.05) is 24.3 Å². The molecule has 1 aliphatic carbocycles. The molecule has 29 heavy (non-hydrogen) atoms. The Morgan fingerprint density at radius 3 is 2.97 bits per heavy atom. The Labute approximate surface area is 166 Å². The summed E-state index contributed by atoms with van der Waals surface area (Å²) >= 11 is 0. The molecule has 3 heterocycles. The van der Waals surface area contributed by atoms with Gasteiger partial charge in [-0.25, -0.2) is 0 Å². The summed E-state index contributed by atoms with van der Waals surface area (Å²) in [7, 11) is 1.68. The van der Waals surface area contributed by atoms with Crippen molar-refractivity contribution in [3.05, 3.63) is 42.4 Å². The third-order valence-electron chi connectivity index (χ3n) is 5.11. The largest absolute Gasteiger partial charge is 0.383 e. The lowest BCUT2D eigenvalue weighted by Gasteiger charge is -2.16. The zero-order valence-corrected chi connectivity index (χ0v) is 16.0. The molecule has 148 valence electrons.